The van der Waals surface area contributed by atoms with Crippen LogP contribution in [0.2, 0.25) is 0 Å². The van der Waals surface area contributed by atoms with Gasteiger partial charge in [-0.1, -0.05) is 20.8 Å². The van der Waals surface area contributed by atoms with Crippen molar-refractivity contribution in [3.05, 3.63) is 0 Å². The SMILES string of the molecule is CC[C@@H](CC(C)C)C(=O)NN(CCC(=O)NC)C(=O)CCl. The average Bonchev–Trinajstić information content (AvgIpc) is 2.46. The van der Waals surface area contributed by atoms with Crippen molar-refractivity contribution in [3.8, 4) is 0 Å². The molecule has 0 aromatic heterocycles. The molecule has 0 radical (unpaired) electrons. The van der Waals surface area contributed by atoms with Gasteiger partial charge in [-0.05, 0) is 18.8 Å². The molecular weight excluding hydrogens is 294 g/mol. The van der Waals surface area contributed by atoms with Crippen molar-refractivity contribution in [1.29, 1.82) is 0 Å². The smallest absolute Gasteiger partial charge is 0.255 e. The van der Waals surface area contributed by atoms with Crippen LogP contribution < -0.4 is 10.7 Å². The van der Waals surface area contributed by atoms with Crippen LogP contribution in [0.5, 0.6) is 0 Å². The number of nitrogens with one attached hydrogen (secondary N) is 2. The molecule has 2 N–H and O–H groups in total. The molecule has 122 valence electrons. The third-order valence-corrected chi connectivity index (χ3v) is 3.35. The van der Waals surface area contributed by atoms with Gasteiger partial charge in [0.05, 0.1) is 6.54 Å². The topological polar surface area (TPSA) is 78.5 Å². The number of rotatable bonds is 8. The Morgan fingerprint density at radius 1 is 1.24 bits per heavy atom. The highest BCUT2D eigenvalue weighted by Crippen LogP contribution is 2.15. The summed E-state index contributed by atoms with van der Waals surface area (Å²) in [5, 5.41) is 3.60. The van der Waals surface area contributed by atoms with Crippen molar-refractivity contribution in [2.45, 2.75) is 40.0 Å². The van der Waals surface area contributed by atoms with Gasteiger partial charge in [0, 0.05) is 19.4 Å². The standard InChI is InChI=1S/C14H26ClN3O3/c1-5-11(8-10(2)3)14(21)17-18(13(20)9-15)7-6-12(19)16-4/h10-11H,5-9H2,1-4H3,(H,16,19)(H,17,21)/t11-/m0/s1. The molecule has 0 heterocycles. The van der Waals surface area contributed by atoms with Gasteiger partial charge in [-0.2, -0.15) is 0 Å². The lowest BCUT2D eigenvalue weighted by atomic mass is 9.94. The highest BCUT2D eigenvalue weighted by Gasteiger charge is 2.22. The van der Waals surface area contributed by atoms with Crippen LogP contribution in [0.15, 0.2) is 0 Å². The maximum atomic E-state index is 12.2. The number of hydrazine groups is 1. The second kappa shape index (κ2) is 10.4. The van der Waals surface area contributed by atoms with E-state index in [1.807, 2.05) is 20.8 Å². The highest BCUT2D eigenvalue weighted by molar-refractivity contribution is 6.27. The number of alkyl halides is 1. The Morgan fingerprint density at radius 3 is 2.29 bits per heavy atom. The maximum absolute atomic E-state index is 12.2. The van der Waals surface area contributed by atoms with Crippen molar-refractivity contribution < 1.29 is 14.4 Å². The fourth-order valence-electron chi connectivity index (χ4n) is 1.91. The third-order valence-electron chi connectivity index (χ3n) is 3.12. The quantitative estimate of drug-likeness (QED) is 0.523. The first-order chi connectivity index (χ1) is 9.85. The zero-order valence-electron chi connectivity index (χ0n) is 13.2. The minimum absolute atomic E-state index is 0.106. The molecular formula is C14H26ClN3O3. The third kappa shape index (κ3) is 7.90. The molecule has 6 nitrogen and oxygen atoms in total. The Morgan fingerprint density at radius 2 is 1.86 bits per heavy atom. The van der Waals surface area contributed by atoms with Gasteiger partial charge >= 0.3 is 0 Å². The van der Waals surface area contributed by atoms with Gasteiger partial charge < -0.3 is 5.32 Å². The minimum atomic E-state index is -0.423. The number of carbonyl (C=O) groups excluding carboxylic acids is 3. The molecule has 21 heavy (non-hydrogen) atoms. The number of nitrogens with zero attached hydrogens (tertiary/aromatic N) is 1. The Balaban J connectivity index is 4.67. The lowest BCUT2D eigenvalue weighted by Gasteiger charge is -2.25. The fourth-order valence-corrected chi connectivity index (χ4v) is 2.05. The second-order valence-corrected chi connectivity index (χ2v) is 5.58. The van der Waals surface area contributed by atoms with Gasteiger partial charge in [0.2, 0.25) is 11.8 Å². The summed E-state index contributed by atoms with van der Waals surface area (Å²) in [6, 6.07) is 0. The molecule has 0 spiro atoms. The Kier molecular flexibility index (Phi) is 9.78. The lowest BCUT2D eigenvalue weighted by Crippen LogP contribution is -2.50. The van der Waals surface area contributed by atoms with Crippen LogP contribution in [0.3, 0.4) is 0 Å². The summed E-state index contributed by atoms with van der Waals surface area (Å²) in [7, 11) is 1.52. The molecule has 0 saturated carbocycles. The van der Waals surface area contributed by atoms with E-state index in [-0.39, 0.29) is 36.6 Å². The molecule has 0 rings (SSSR count). The highest BCUT2D eigenvalue weighted by atomic mass is 35.5. The van der Waals surface area contributed by atoms with E-state index < -0.39 is 5.91 Å². The van der Waals surface area contributed by atoms with Crippen LogP contribution in [-0.4, -0.2) is 42.2 Å². The predicted octanol–water partition coefficient (Wildman–Crippen LogP) is 1.29. The molecule has 0 aliphatic rings. The van der Waals surface area contributed by atoms with Gasteiger partial charge in [-0.25, -0.2) is 0 Å². The average molecular weight is 320 g/mol. The van der Waals surface area contributed by atoms with E-state index in [0.29, 0.717) is 12.3 Å². The molecule has 0 aromatic rings. The zero-order valence-corrected chi connectivity index (χ0v) is 14.0. The van der Waals surface area contributed by atoms with E-state index in [9.17, 15) is 14.4 Å². The zero-order chi connectivity index (χ0) is 16.4. The second-order valence-electron chi connectivity index (χ2n) is 5.31. The van der Waals surface area contributed by atoms with Crippen LogP contribution in [-0.2, 0) is 14.4 Å². The van der Waals surface area contributed by atoms with E-state index in [0.717, 1.165) is 11.4 Å². The summed E-state index contributed by atoms with van der Waals surface area (Å²) in [5.41, 5.74) is 2.58. The van der Waals surface area contributed by atoms with Crippen LogP contribution in [0.25, 0.3) is 0 Å². The number of amides is 3. The molecule has 0 fully saturated rings. The first-order valence-electron chi connectivity index (χ1n) is 7.23. The van der Waals surface area contributed by atoms with E-state index in [1.165, 1.54) is 7.05 Å². The molecule has 0 bridgehead atoms. The lowest BCUT2D eigenvalue weighted by molar-refractivity contribution is -0.142. The summed E-state index contributed by atoms with van der Waals surface area (Å²) >= 11 is 5.53. The first-order valence-corrected chi connectivity index (χ1v) is 7.76. The molecule has 7 heteroatoms. The first kappa shape index (κ1) is 19.7. The number of halogens is 1. The van der Waals surface area contributed by atoms with Gasteiger partial charge in [-0.3, -0.25) is 24.8 Å². The van der Waals surface area contributed by atoms with Crippen molar-refractivity contribution in [2.24, 2.45) is 11.8 Å². The maximum Gasteiger partial charge on any atom is 0.255 e. The summed E-state index contributed by atoms with van der Waals surface area (Å²) in [6.07, 6.45) is 1.56. The van der Waals surface area contributed by atoms with Gasteiger partial charge in [0.25, 0.3) is 5.91 Å². The molecule has 0 aromatic carbocycles. The monoisotopic (exact) mass is 319 g/mol. The van der Waals surface area contributed by atoms with Crippen molar-refractivity contribution in [3.63, 3.8) is 0 Å². The summed E-state index contributed by atoms with van der Waals surface area (Å²) in [6.45, 7) is 6.13. The van der Waals surface area contributed by atoms with Crippen molar-refractivity contribution in [2.75, 3.05) is 19.5 Å². The normalized spacial score (nSPS) is 11.9. The van der Waals surface area contributed by atoms with E-state index in [4.69, 9.17) is 11.6 Å². The predicted molar refractivity (Wildman–Crippen MR) is 82.5 cm³/mol. The molecule has 0 unspecified atom stereocenters. The molecule has 0 aliphatic heterocycles. The van der Waals surface area contributed by atoms with Crippen LogP contribution in [0.4, 0.5) is 0 Å². The minimum Gasteiger partial charge on any atom is -0.359 e. The van der Waals surface area contributed by atoms with Crippen LogP contribution in [0.1, 0.15) is 40.0 Å². The fraction of sp³-hybridized carbons (Fsp3) is 0.786. The Bertz CT molecular complexity index is 361. The van der Waals surface area contributed by atoms with Crippen molar-refractivity contribution in [1.82, 2.24) is 15.8 Å². The number of hydrogen-bond donors (Lipinski definition) is 2. The largest absolute Gasteiger partial charge is 0.359 e. The number of carbonyl (C=O) groups is 3. The van der Waals surface area contributed by atoms with E-state index in [2.05, 4.69) is 10.7 Å². The molecule has 3 amide bonds. The summed E-state index contributed by atoms with van der Waals surface area (Å²) in [5.74, 6) is -0.838. The summed E-state index contributed by atoms with van der Waals surface area (Å²) in [4.78, 5) is 35.2. The van der Waals surface area contributed by atoms with Crippen molar-refractivity contribution >= 4 is 29.3 Å². The molecule has 1 atom stereocenters. The molecule has 0 aliphatic carbocycles. The van der Waals surface area contributed by atoms with E-state index in [1.54, 1.807) is 0 Å². The van der Waals surface area contributed by atoms with Gasteiger partial charge in [-0.15, -0.1) is 11.6 Å². The molecule has 0 saturated heterocycles. The van der Waals surface area contributed by atoms with E-state index >= 15 is 0 Å². The van der Waals surface area contributed by atoms with Crippen LogP contribution >= 0.6 is 11.6 Å². The number of hydrogen-bond acceptors (Lipinski definition) is 3. The Hall–Kier alpha value is -1.30. The van der Waals surface area contributed by atoms with Gasteiger partial charge in [0.1, 0.15) is 5.88 Å². The Labute approximate surface area is 131 Å². The van der Waals surface area contributed by atoms with Gasteiger partial charge in [0.15, 0.2) is 0 Å². The summed E-state index contributed by atoms with van der Waals surface area (Å²) < 4.78 is 0. The van der Waals surface area contributed by atoms with Crippen LogP contribution in [0, 0.1) is 11.8 Å².